The highest BCUT2D eigenvalue weighted by atomic mass is 16.5. The van der Waals surface area contributed by atoms with E-state index in [1.54, 1.807) is 26.2 Å². The number of rotatable bonds is 10. The molecule has 0 unspecified atom stereocenters. The second-order valence-corrected chi connectivity index (χ2v) is 8.76. The lowest BCUT2D eigenvalue weighted by atomic mass is 9.91. The first-order chi connectivity index (χ1) is 17.8. The van der Waals surface area contributed by atoms with Crippen molar-refractivity contribution in [3.05, 3.63) is 82.0 Å². The number of fused-ring (bicyclic) bond motifs is 1. The Hall–Kier alpha value is -4.40. The number of aromatic hydroxyl groups is 2. The van der Waals surface area contributed by atoms with E-state index in [9.17, 15) is 19.8 Å². The van der Waals surface area contributed by atoms with Crippen molar-refractivity contribution in [2.75, 3.05) is 20.8 Å². The predicted octanol–water partition coefficient (Wildman–Crippen LogP) is 4.06. The lowest BCUT2D eigenvalue weighted by Crippen LogP contribution is -2.27. The molecule has 37 heavy (non-hydrogen) atoms. The van der Waals surface area contributed by atoms with Crippen molar-refractivity contribution >= 4 is 16.8 Å². The van der Waals surface area contributed by atoms with Gasteiger partial charge in [0.05, 0.1) is 20.1 Å². The number of nitrogens with zero attached hydrogens (tertiary/aromatic N) is 1. The summed E-state index contributed by atoms with van der Waals surface area (Å²) in [5.74, 6) is -0.365. The van der Waals surface area contributed by atoms with Crippen molar-refractivity contribution in [3.8, 4) is 23.0 Å². The molecule has 2 heterocycles. The minimum Gasteiger partial charge on any atom is -0.504 e. The van der Waals surface area contributed by atoms with E-state index in [2.05, 4.69) is 9.88 Å². The SMILES string of the molecule is COc1ccc2c(ccn2CCCNC(=O)C[C@H](c2ccc(O)c(OC)c2)c2oc(C)cc(=O)c2O)c1. The number of hydrogen-bond donors (Lipinski definition) is 3. The third-order valence-corrected chi connectivity index (χ3v) is 6.26. The van der Waals surface area contributed by atoms with Gasteiger partial charge in [-0.1, -0.05) is 6.07 Å². The lowest BCUT2D eigenvalue weighted by Gasteiger charge is -2.19. The van der Waals surface area contributed by atoms with Gasteiger partial charge in [0.25, 0.3) is 0 Å². The Labute approximate surface area is 213 Å². The van der Waals surface area contributed by atoms with Crippen LogP contribution in [-0.4, -0.2) is 41.5 Å². The van der Waals surface area contributed by atoms with Gasteiger partial charge in [-0.2, -0.15) is 0 Å². The number of benzene rings is 2. The van der Waals surface area contributed by atoms with Crippen LogP contribution < -0.4 is 20.2 Å². The van der Waals surface area contributed by atoms with Crippen LogP contribution in [0.2, 0.25) is 0 Å². The molecule has 1 atom stereocenters. The summed E-state index contributed by atoms with van der Waals surface area (Å²) in [6.45, 7) is 2.74. The number of methoxy groups -OCH3 is 2. The first kappa shape index (κ1) is 25.7. The molecule has 9 nitrogen and oxygen atoms in total. The van der Waals surface area contributed by atoms with Gasteiger partial charge in [-0.15, -0.1) is 0 Å². The highest BCUT2D eigenvalue weighted by Crippen LogP contribution is 2.37. The van der Waals surface area contributed by atoms with E-state index in [0.29, 0.717) is 30.8 Å². The molecule has 2 aromatic carbocycles. The van der Waals surface area contributed by atoms with Crippen molar-refractivity contribution in [2.24, 2.45) is 0 Å². The van der Waals surface area contributed by atoms with Crippen molar-refractivity contribution in [3.63, 3.8) is 0 Å². The highest BCUT2D eigenvalue weighted by molar-refractivity contribution is 5.81. The van der Waals surface area contributed by atoms with Crippen LogP contribution in [0.4, 0.5) is 0 Å². The summed E-state index contributed by atoms with van der Waals surface area (Å²) >= 11 is 0. The summed E-state index contributed by atoms with van der Waals surface area (Å²) < 4.78 is 18.3. The van der Waals surface area contributed by atoms with Gasteiger partial charge >= 0.3 is 0 Å². The van der Waals surface area contributed by atoms with Gasteiger partial charge in [0.1, 0.15) is 11.5 Å². The maximum absolute atomic E-state index is 12.9. The maximum atomic E-state index is 12.9. The molecule has 9 heteroatoms. The van der Waals surface area contributed by atoms with E-state index in [1.165, 1.54) is 19.2 Å². The molecule has 1 amide bonds. The molecule has 0 aliphatic rings. The largest absolute Gasteiger partial charge is 0.504 e. The molecule has 3 N–H and O–H groups in total. The van der Waals surface area contributed by atoms with E-state index in [1.807, 2.05) is 30.5 Å². The molecule has 0 radical (unpaired) electrons. The first-order valence-corrected chi connectivity index (χ1v) is 11.9. The molecule has 0 bridgehead atoms. The number of phenolic OH excluding ortho intramolecular Hbond substituents is 1. The van der Waals surface area contributed by atoms with Gasteiger partial charge < -0.3 is 34.0 Å². The van der Waals surface area contributed by atoms with Gasteiger partial charge in [0, 0.05) is 42.7 Å². The fourth-order valence-electron chi connectivity index (χ4n) is 4.37. The van der Waals surface area contributed by atoms with Crippen LogP contribution in [0.25, 0.3) is 10.9 Å². The number of amides is 1. The van der Waals surface area contributed by atoms with Crippen LogP contribution in [0, 0.1) is 6.92 Å². The Morgan fingerprint density at radius 2 is 1.89 bits per heavy atom. The average Bonchev–Trinajstić information content (AvgIpc) is 3.30. The van der Waals surface area contributed by atoms with Gasteiger partial charge in [-0.05, 0) is 55.3 Å². The third-order valence-electron chi connectivity index (χ3n) is 6.26. The Bertz CT molecular complexity index is 1470. The van der Waals surface area contributed by atoms with E-state index >= 15 is 0 Å². The zero-order valence-electron chi connectivity index (χ0n) is 21.0. The fourth-order valence-corrected chi connectivity index (χ4v) is 4.37. The van der Waals surface area contributed by atoms with Crippen LogP contribution in [0.15, 0.2) is 63.9 Å². The summed E-state index contributed by atoms with van der Waals surface area (Å²) in [6.07, 6.45) is 2.62. The standard InChI is InChI=1S/C28H30N2O7/c1-17-13-24(32)27(34)28(37-17)21(18-5-8-23(31)25(15-18)36-3)16-26(33)29-10-4-11-30-12-9-19-14-20(35-2)6-7-22(19)30/h5-9,12-15,21,31,34H,4,10-11,16H2,1-3H3,(H,29,33)/t21-/m1/s1. The molecule has 4 aromatic rings. The molecule has 0 aliphatic heterocycles. The second-order valence-electron chi connectivity index (χ2n) is 8.76. The first-order valence-electron chi connectivity index (χ1n) is 11.9. The maximum Gasteiger partial charge on any atom is 0.227 e. The molecule has 0 saturated carbocycles. The fraction of sp³-hybridized carbons (Fsp3) is 0.286. The number of carbonyl (C=O) groups excluding carboxylic acids is 1. The number of nitrogens with one attached hydrogen (secondary N) is 1. The second kappa shape index (κ2) is 11.1. The number of aryl methyl sites for hydroxylation is 2. The monoisotopic (exact) mass is 506 g/mol. The minimum atomic E-state index is -0.773. The number of phenols is 1. The number of ether oxygens (including phenoxy) is 2. The van der Waals surface area contributed by atoms with E-state index in [-0.39, 0.29) is 29.6 Å². The van der Waals surface area contributed by atoms with Crippen molar-refractivity contribution in [2.45, 2.75) is 32.2 Å². The molecule has 194 valence electrons. The van der Waals surface area contributed by atoms with Gasteiger partial charge in [-0.3, -0.25) is 9.59 Å². The lowest BCUT2D eigenvalue weighted by molar-refractivity contribution is -0.121. The highest BCUT2D eigenvalue weighted by Gasteiger charge is 2.26. The molecule has 0 saturated heterocycles. The molecule has 4 rings (SSSR count). The van der Waals surface area contributed by atoms with Crippen LogP contribution in [0.1, 0.15) is 35.8 Å². The number of hydrogen-bond acceptors (Lipinski definition) is 7. The van der Waals surface area contributed by atoms with Gasteiger partial charge in [0.15, 0.2) is 17.3 Å². The zero-order chi connectivity index (χ0) is 26.5. The molecular formula is C28H30N2O7. The van der Waals surface area contributed by atoms with Crippen molar-refractivity contribution in [1.29, 1.82) is 0 Å². The van der Waals surface area contributed by atoms with Crippen LogP contribution in [0.5, 0.6) is 23.0 Å². The van der Waals surface area contributed by atoms with Crippen molar-refractivity contribution in [1.82, 2.24) is 9.88 Å². The van der Waals surface area contributed by atoms with Crippen LogP contribution in [0.3, 0.4) is 0 Å². The Morgan fingerprint density at radius 3 is 2.65 bits per heavy atom. The summed E-state index contributed by atoms with van der Waals surface area (Å²) in [7, 11) is 3.05. The Kier molecular flexibility index (Phi) is 7.71. The van der Waals surface area contributed by atoms with E-state index in [0.717, 1.165) is 16.7 Å². The summed E-state index contributed by atoms with van der Waals surface area (Å²) in [4.78, 5) is 25.2. The van der Waals surface area contributed by atoms with Gasteiger partial charge in [0.2, 0.25) is 17.1 Å². The number of aromatic nitrogens is 1. The molecule has 0 aliphatic carbocycles. The summed E-state index contributed by atoms with van der Waals surface area (Å²) in [5, 5.41) is 24.4. The van der Waals surface area contributed by atoms with E-state index in [4.69, 9.17) is 13.9 Å². The Morgan fingerprint density at radius 1 is 1.08 bits per heavy atom. The topological polar surface area (TPSA) is 123 Å². The molecule has 0 spiro atoms. The normalized spacial score (nSPS) is 11.9. The smallest absolute Gasteiger partial charge is 0.227 e. The number of carbonyl (C=O) groups is 1. The average molecular weight is 507 g/mol. The molecule has 0 fully saturated rings. The Balaban J connectivity index is 1.46. The quantitative estimate of drug-likeness (QED) is 0.277. The van der Waals surface area contributed by atoms with Gasteiger partial charge in [-0.25, -0.2) is 0 Å². The third kappa shape index (κ3) is 5.72. The molecule has 2 aromatic heterocycles. The molecular weight excluding hydrogens is 476 g/mol. The zero-order valence-corrected chi connectivity index (χ0v) is 21.0. The predicted molar refractivity (Wildman–Crippen MR) is 139 cm³/mol. The summed E-state index contributed by atoms with van der Waals surface area (Å²) in [6, 6.07) is 13.7. The van der Waals surface area contributed by atoms with Crippen LogP contribution in [-0.2, 0) is 11.3 Å². The van der Waals surface area contributed by atoms with Crippen LogP contribution >= 0.6 is 0 Å². The van der Waals surface area contributed by atoms with E-state index < -0.39 is 17.1 Å². The minimum absolute atomic E-state index is 0.0119. The summed E-state index contributed by atoms with van der Waals surface area (Å²) in [5.41, 5.74) is 1.04. The van der Waals surface area contributed by atoms with Crippen molar-refractivity contribution < 1.29 is 28.9 Å².